The van der Waals surface area contributed by atoms with E-state index < -0.39 is 5.60 Å². The molecular weight excluding hydrogens is 238 g/mol. The first kappa shape index (κ1) is 14.3. The Bertz CT molecular complexity index is 378. The SMILES string of the molecule is CC(C)C(C)(O)CNCc1cc(Cl)ccc1O. The monoisotopic (exact) mass is 257 g/mol. The van der Waals surface area contributed by atoms with Gasteiger partial charge in [0.05, 0.1) is 5.60 Å². The van der Waals surface area contributed by atoms with Gasteiger partial charge in [0.25, 0.3) is 0 Å². The number of hydrogen-bond donors (Lipinski definition) is 3. The summed E-state index contributed by atoms with van der Waals surface area (Å²) in [5.41, 5.74) is -0.0224. The second-order valence-corrected chi connectivity index (χ2v) is 5.32. The van der Waals surface area contributed by atoms with E-state index >= 15 is 0 Å². The number of aromatic hydroxyl groups is 1. The van der Waals surface area contributed by atoms with Crippen molar-refractivity contribution in [3.05, 3.63) is 28.8 Å². The standard InChI is InChI=1S/C13H20ClNO2/c1-9(2)13(3,17)8-15-7-10-6-11(14)4-5-12(10)16/h4-6,9,15-17H,7-8H2,1-3H3. The molecule has 3 nitrogen and oxygen atoms in total. The highest BCUT2D eigenvalue weighted by Gasteiger charge is 2.24. The van der Waals surface area contributed by atoms with Gasteiger partial charge in [-0.25, -0.2) is 0 Å². The second kappa shape index (κ2) is 5.71. The lowest BCUT2D eigenvalue weighted by Gasteiger charge is -2.28. The van der Waals surface area contributed by atoms with Crippen molar-refractivity contribution in [1.82, 2.24) is 5.32 Å². The summed E-state index contributed by atoms with van der Waals surface area (Å²) < 4.78 is 0. The normalized spacial score (nSPS) is 14.9. The van der Waals surface area contributed by atoms with Gasteiger partial charge in [-0.3, -0.25) is 0 Å². The Kier molecular flexibility index (Phi) is 4.80. The van der Waals surface area contributed by atoms with Gasteiger partial charge in [0.1, 0.15) is 5.75 Å². The van der Waals surface area contributed by atoms with Gasteiger partial charge in [-0.05, 0) is 31.0 Å². The lowest BCUT2D eigenvalue weighted by Crippen LogP contribution is -2.41. The molecule has 0 heterocycles. The van der Waals surface area contributed by atoms with Crippen LogP contribution in [-0.2, 0) is 6.54 Å². The zero-order valence-corrected chi connectivity index (χ0v) is 11.3. The van der Waals surface area contributed by atoms with Crippen molar-refractivity contribution in [2.24, 2.45) is 5.92 Å². The maximum atomic E-state index is 10.0. The number of hydrogen-bond acceptors (Lipinski definition) is 3. The Hall–Kier alpha value is -0.770. The number of phenolic OH excluding ortho intramolecular Hbond substituents is 1. The quantitative estimate of drug-likeness (QED) is 0.760. The van der Waals surface area contributed by atoms with E-state index in [-0.39, 0.29) is 11.7 Å². The molecule has 0 amide bonds. The van der Waals surface area contributed by atoms with E-state index in [4.69, 9.17) is 11.6 Å². The molecule has 17 heavy (non-hydrogen) atoms. The molecule has 0 saturated heterocycles. The maximum absolute atomic E-state index is 10.0. The Balaban J connectivity index is 2.54. The molecule has 0 spiro atoms. The van der Waals surface area contributed by atoms with Crippen LogP contribution in [0.15, 0.2) is 18.2 Å². The molecule has 96 valence electrons. The number of halogens is 1. The molecule has 1 unspecified atom stereocenters. The molecule has 1 atom stereocenters. The lowest BCUT2D eigenvalue weighted by molar-refractivity contribution is 0.0139. The number of aliphatic hydroxyl groups is 1. The summed E-state index contributed by atoms with van der Waals surface area (Å²) in [6.07, 6.45) is 0. The number of benzene rings is 1. The first-order chi connectivity index (χ1) is 7.83. The van der Waals surface area contributed by atoms with E-state index in [0.717, 1.165) is 5.56 Å². The van der Waals surface area contributed by atoms with Crippen LogP contribution in [0, 0.1) is 5.92 Å². The number of rotatable bonds is 5. The van der Waals surface area contributed by atoms with E-state index in [1.54, 1.807) is 25.1 Å². The summed E-state index contributed by atoms with van der Waals surface area (Å²) in [7, 11) is 0. The first-order valence-electron chi connectivity index (χ1n) is 5.73. The van der Waals surface area contributed by atoms with E-state index in [2.05, 4.69) is 5.32 Å². The van der Waals surface area contributed by atoms with Crippen molar-refractivity contribution in [2.45, 2.75) is 32.9 Å². The third kappa shape index (κ3) is 4.19. The van der Waals surface area contributed by atoms with Gasteiger partial charge in [0.15, 0.2) is 0 Å². The fourth-order valence-electron chi connectivity index (χ4n) is 1.35. The Labute approximate surface area is 107 Å². The molecule has 1 aromatic carbocycles. The Morgan fingerprint density at radius 1 is 1.41 bits per heavy atom. The van der Waals surface area contributed by atoms with Gasteiger partial charge < -0.3 is 15.5 Å². The van der Waals surface area contributed by atoms with Crippen LogP contribution < -0.4 is 5.32 Å². The highest BCUT2D eigenvalue weighted by atomic mass is 35.5. The molecule has 4 heteroatoms. The van der Waals surface area contributed by atoms with Gasteiger partial charge >= 0.3 is 0 Å². The summed E-state index contributed by atoms with van der Waals surface area (Å²) in [6.45, 7) is 6.69. The van der Waals surface area contributed by atoms with E-state index in [1.807, 2.05) is 13.8 Å². The lowest BCUT2D eigenvalue weighted by atomic mass is 9.92. The van der Waals surface area contributed by atoms with E-state index in [1.165, 1.54) is 0 Å². The van der Waals surface area contributed by atoms with Gasteiger partial charge in [-0.15, -0.1) is 0 Å². The largest absolute Gasteiger partial charge is 0.508 e. The van der Waals surface area contributed by atoms with Crippen LogP contribution in [0.25, 0.3) is 0 Å². The molecule has 0 aromatic heterocycles. The predicted molar refractivity (Wildman–Crippen MR) is 70.3 cm³/mol. The van der Waals surface area contributed by atoms with Crippen molar-refractivity contribution in [3.63, 3.8) is 0 Å². The Morgan fingerprint density at radius 3 is 2.65 bits per heavy atom. The zero-order chi connectivity index (χ0) is 13.1. The average molecular weight is 258 g/mol. The van der Waals surface area contributed by atoms with Crippen LogP contribution in [0.1, 0.15) is 26.3 Å². The van der Waals surface area contributed by atoms with Crippen LogP contribution in [0.4, 0.5) is 0 Å². The van der Waals surface area contributed by atoms with E-state index in [9.17, 15) is 10.2 Å². The third-order valence-corrected chi connectivity index (χ3v) is 3.32. The summed E-state index contributed by atoms with van der Waals surface area (Å²) >= 11 is 5.85. The summed E-state index contributed by atoms with van der Waals surface area (Å²) in [4.78, 5) is 0. The molecule has 0 saturated carbocycles. The minimum atomic E-state index is -0.756. The molecule has 1 rings (SSSR count). The molecule has 1 aromatic rings. The van der Waals surface area contributed by atoms with Crippen LogP contribution in [0.2, 0.25) is 5.02 Å². The number of nitrogens with one attached hydrogen (secondary N) is 1. The molecular formula is C13H20ClNO2. The smallest absolute Gasteiger partial charge is 0.120 e. The Morgan fingerprint density at radius 2 is 2.06 bits per heavy atom. The fourth-order valence-corrected chi connectivity index (χ4v) is 1.54. The van der Waals surface area contributed by atoms with Crippen LogP contribution in [-0.4, -0.2) is 22.4 Å². The first-order valence-corrected chi connectivity index (χ1v) is 6.11. The van der Waals surface area contributed by atoms with Crippen LogP contribution in [0.5, 0.6) is 5.75 Å². The van der Waals surface area contributed by atoms with Crippen molar-refractivity contribution in [3.8, 4) is 5.75 Å². The van der Waals surface area contributed by atoms with Gasteiger partial charge in [-0.1, -0.05) is 25.4 Å². The van der Waals surface area contributed by atoms with Crippen molar-refractivity contribution >= 4 is 11.6 Å². The van der Waals surface area contributed by atoms with Crippen LogP contribution >= 0.6 is 11.6 Å². The number of phenols is 1. The minimum Gasteiger partial charge on any atom is -0.508 e. The molecule has 0 fully saturated rings. The average Bonchev–Trinajstić information content (AvgIpc) is 2.22. The minimum absolute atomic E-state index is 0.169. The molecule has 0 bridgehead atoms. The summed E-state index contributed by atoms with van der Waals surface area (Å²) in [5, 5.41) is 23.4. The van der Waals surface area contributed by atoms with Crippen molar-refractivity contribution in [1.29, 1.82) is 0 Å². The van der Waals surface area contributed by atoms with Crippen LogP contribution in [0.3, 0.4) is 0 Å². The fraction of sp³-hybridized carbons (Fsp3) is 0.538. The predicted octanol–water partition coefficient (Wildman–Crippen LogP) is 2.54. The summed E-state index contributed by atoms with van der Waals surface area (Å²) in [6, 6.07) is 4.93. The third-order valence-electron chi connectivity index (χ3n) is 3.08. The zero-order valence-electron chi connectivity index (χ0n) is 10.5. The van der Waals surface area contributed by atoms with Gasteiger partial charge in [-0.2, -0.15) is 0 Å². The second-order valence-electron chi connectivity index (χ2n) is 4.89. The maximum Gasteiger partial charge on any atom is 0.120 e. The molecule has 0 radical (unpaired) electrons. The molecule has 3 N–H and O–H groups in total. The van der Waals surface area contributed by atoms with Crippen molar-refractivity contribution in [2.75, 3.05) is 6.54 Å². The highest BCUT2D eigenvalue weighted by Crippen LogP contribution is 2.21. The highest BCUT2D eigenvalue weighted by molar-refractivity contribution is 6.30. The molecule has 0 aliphatic rings. The molecule has 0 aliphatic carbocycles. The summed E-state index contributed by atoms with van der Waals surface area (Å²) in [5.74, 6) is 0.383. The molecule has 0 aliphatic heterocycles. The van der Waals surface area contributed by atoms with Gasteiger partial charge in [0, 0.05) is 23.7 Å². The van der Waals surface area contributed by atoms with Gasteiger partial charge in [0.2, 0.25) is 0 Å². The van der Waals surface area contributed by atoms with Crippen molar-refractivity contribution < 1.29 is 10.2 Å². The topological polar surface area (TPSA) is 52.5 Å². The van der Waals surface area contributed by atoms with E-state index in [0.29, 0.717) is 18.1 Å².